The maximum atomic E-state index is 12.5. The molecule has 0 aromatic heterocycles. The molecule has 0 aliphatic carbocycles. The van der Waals surface area contributed by atoms with Crippen molar-refractivity contribution in [2.24, 2.45) is 10.6 Å². The first-order chi connectivity index (χ1) is 11.2. The number of likely N-dealkylation sites (tertiary alicyclic amines) is 2. The van der Waals surface area contributed by atoms with Crippen LogP contribution in [-0.2, 0) is 10.0 Å². The van der Waals surface area contributed by atoms with E-state index in [1.807, 2.05) is 0 Å². The summed E-state index contributed by atoms with van der Waals surface area (Å²) >= 11 is 0. The van der Waals surface area contributed by atoms with E-state index < -0.39 is 16.1 Å². The lowest BCUT2D eigenvalue weighted by Gasteiger charge is -2.53. The van der Waals surface area contributed by atoms with Gasteiger partial charge in [0, 0.05) is 37.2 Å². The molecule has 2 aliphatic rings. The molecule has 1 aromatic rings. The molecule has 2 aliphatic heterocycles. The van der Waals surface area contributed by atoms with E-state index in [0.717, 1.165) is 12.8 Å². The highest BCUT2D eigenvalue weighted by molar-refractivity contribution is 7.89. The molecule has 1 aromatic carbocycles. The van der Waals surface area contributed by atoms with Crippen molar-refractivity contribution in [3.05, 3.63) is 29.8 Å². The number of primary sulfonamides is 1. The van der Waals surface area contributed by atoms with Gasteiger partial charge < -0.3 is 14.9 Å². The Hall–Kier alpha value is -2.13. The summed E-state index contributed by atoms with van der Waals surface area (Å²) in [7, 11) is -3.85. The van der Waals surface area contributed by atoms with Crippen LogP contribution in [0.5, 0.6) is 0 Å². The monoisotopic (exact) mass is 353 g/mol. The summed E-state index contributed by atoms with van der Waals surface area (Å²) in [5, 5.41) is 14.1. The number of sulfonamides is 1. The number of rotatable bonds is 2. The minimum absolute atomic E-state index is 0.0147. The second-order valence-corrected chi connectivity index (χ2v) is 8.07. The largest absolute Gasteiger partial charge is 0.465 e. The fourth-order valence-corrected chi connectivity index (χ4v) is 3.94. The van der Waals surface area contributed by atoms with Gasteiger partial charge in [0.05, 0.1) is 4.90 Å². The Labute approximate surface area is 139 Å². The van der Waals surface area contributed by atoms with Crippen molar-refractivity contribution in [2.45, 2.75) is 17.7 Å². The van der Waals surface area contributed by atoms with Crippen molar-refractivity contribution in [3.63, 3.8) is 0 Å². The standard InChI is InChI=1S/C15H19N3O5S/c16-24(22,23)12-3-1-2-11(8-12)13(19)18-9-15(10-18)4-6-17(7-5-15)14(20)21/h1-3,8H,4-7,9-10H2,(H,20,21)(H2,16,22,23). The van der Waals surface area contributed by atoms with Crippen LogP contribution >= 0.6 is 0 Å². The lowest BCUT2D eigenvalue weighted by atomic mass is 9.72. The van der Waals surface area contributed by atoms with Gasteiger partial charge in [0.15, 0.2) is 0 Å². The molecule has 3 N–H and O–H groups in total. The Kier molecular flexibility index (Phi) is 4.00. The third kappa shape index (κ3) is 3.09. The van der Waals surface area contributed by atoms with E-state index in [1.54, 1.807) is 11.0 Å². The molecular weight excluding hydrogens is 334 g/mol. The number of nitrogens with zero attached hydrogens (tertiary/aromatic N) is 2. The van der Waals surface area contributed by atoms with Gasteiger partial charge in [0.1, 0.15) is 0 Å². The van der Waals surface area contributed by atoms with Gasteiger partial charge in [-0.2, -0.15) is 0 Å². The van der Waals surface area contributed by atoms with Gasteiger partial charge in [-0.15, -0.1) is 0 Å². The maximum Gasteiger partial charge on any atom is 0.407 e. The second kappa shape index (κ2) is 5.75. The predicted molar refractivity (Wildman–Crippen MR) is 85.0 cm³/mol. The molecule has 24 heavy (non-hydrogen) atoms. The Morgan fingerprint density at radius 2 is 1.75 bits per heavy atom. The number of hydrogen-bond donors (Lipinski definition) is 2. The molecule has 2 saturated heterocycles. The summed E-state index contributed by atoms with van der Waals surface area (Å²) in [6.45, 7) is 2.11. The van der Waals surface area contributed by atoms with E-state index in [9.17, 15) is 18.0 Å². The zero-order chi connectivity index (χ0) is 17.5. The molecule has 3 rings (SSSR count). The highest BCUT2D eigenvalue weighted by Gasteiger charge is 2.47. The molecule has 2 fully saturated rings. The summed E-state index contributed by atoms with van der Waals surface area (Å²) < 4.78 is 22.8. The van der Waals surface area contributed by atoms with Gasteiger partial charge in [-0.1, -0.05) is 6.07 Å². The maximum absolute atomic E-state index is 12.5. The van der Waals surface area contributed by atoms with Gasteiger partial charge in [0.25, 0.3) is 5.91 Å². The third-order valence-electron chi connectivity index (χ3n) is 4.84. The molecule has 2 amide bonds. The fourth-order valence-electron chi connectivity index (χ4n) is 3.38. The average Bonchev–Trinajstić information content (AvgIpc) is 2.51. The minimum atomic E-state index is -3.85. The van der Waals surface area contributed by atoms with Crippen LogP contribution in [0.3, 0.4) is 0 Å². The Morgan fingerprint density at radius 1 is 1.12 bits per heavy atom. The van der Waals surface area contributed by atoms with Gasteiger partial charge in [-0.3, -0.25) is 4.79 Å². The quantitative estimate of drug-likeness (QED) is 0.804. The first kappa shape index (κ1) is 16.7. The summed E-state index contributed by atoms with van der Waals surface area (Å²) in [6.07, 6.45) is 0.567. The molecule has 130 valence electrons. The summed E-state index contributed by atoms with van der Waals surface area (Å²) in [4.78, 5) is 26.4. The highest BCUT2D eigenvalue weighted by atomic mass is 32.2. The van der Waals surface area contributed by atoms with E-state index in [-0.39, 0.29) is 16.2 Å². The SMILES string of the molecule is NS(=O)(=O)c1cccc(C(=O)N2CC3(CCN(C(=O)O)CC3)C2)c1. The van der Waals surface area contributed by atoms with Crippen molar-refractivity contribution >= 4 is 22.0 Å². The number of nitrogens with two attached hydrogens (primary N) is 1. The lowest BCUT2D eigenvalue weighted by molar-refractivity contribution is -0.0291. The van der Waals surface area contributed by atoms with E-state index in [0.29, 0.717) is 31.7 Å². The summed E-state index contributed by atoms with van der Waals surface area (Å²) in [5.41, 5.74) is 0.276. The molecule has 0 unspecified atom stereocenters. The number of hydrogen-bond acceptors (Lipinski definition) is 4. The van der Waals surface area contributed by atoms with Crippen molar-refractivity contribution in [2.75, 3.05) is 26.2 Å². The van der Waals surface area contributed by atoms with E-state index in [4.69, 9.17) is 10.2 Å². The van der Waals surface area contributed by atoms with Gasteiger partial charge in [-0.25, -0.2) is 18.4 Å². The predicted octanol–water partition coefficient (Wildman–Crippen LogP) is 0.550. The van der Waals surface area contributed by atoms with Crippen LogP contribution in [0.1, 0.15) is 23.2 Å². The average molecular weight is 353 g/mol. The normalized spacial score (nSPS) is 19.9. The van der Waals surface area contributed by atoms with Crippen LogP contribution < -0.4 is 5.14 Å². The van der Waals surface area contributed by atoms with Gasteiger partial charge in [-0.05, 0) is 31.0 Å². The molecule has 0 atom stereocenters. The zero-order valence-corrected chi connectivity index (χ0v) is 13.8. The fraction of sp³-hybridized carbons (Fsp3) is 0.467. The van der Waals surface area contributed by atoms with Crippen LogP contribution in [0.15, 0.2) is 29.2 Å². The molecular formula is C15H19N3O5S. The Balaban J connectivity index is 1.64. The second-order valence-electron chi connectivity index (χ2n) is 6.50. The van der Waals surface area contributed by atoms with Crippen LogP contribution in [0, 0.1) is 5.41 Å². The smallest absolute Gasteiger partial charge is 0.407 e. The van der Waals surface area contributed by atoms with Crippen molar-refractivity contribution in [1.82, 2.24) is 9.80 Å². The number of carboxylic acid groups (broad SMARTS) is 1. The van der Waals surface area contributed by atoms with E-state index >= 15 is 0 Å². The Morgan fingerprint density at radius 3 is 2.29 bits per heavy atom. The highest BCUT2D eigenvalue weighted by Crippen LogP contribution is 2.41. The third-order valence-corrected chi connectivity index (χ3v) is 5.75. The van der Waals surface area contributed by atoms with Crippen LogP contribution in [0.4, 0.5) is 4.79 Å². The molecule has 0 saturated carbocycles. The van der Waals surface area contributed by atoms with Crippen LogP contribution in [0.25, 0.3) is 0 Å². The number of piperidine rings is 1. The minimum Gasteiger partial charge on any atom is -0.465 e. The van der Waals surface area contributed by atoms with Crippen molar-refractivity contribution in [3.8, 4) is 0 Å². The zero-order valence-electron chi connectivity index (χ0n) is 13.0. The number of carbonyl (C=O) groups is 2. The molecule has 0 bridgehead atoms. The molecule has 8 nitrogen and oxygen atoms in total. The molecule has 1 spiro atoms. The van der Waals surface area contributed by atoms with Crippen molar-refractivity contribution in [1.29, 1.82) is 0 Å². The molecule has 9 heteroatoms. The number of carbonyl (C=O) groups excluding carboxylic acids is 1. The van der Waals surface area contributed by atoms with Crippen LogP contribution in [0.2, 0.25) is 0 Å². The number of amides is 2. The summed E-state index contributed by atoms with van der Waals surface area (Å²) in [6, 6.07) is 5.70. The first-order valence-electron chi connectivity index (χ1n) is 7.60. The topological polar surface area (TPSA) is 121 Å². The van der Waals surface area contributed by atoms with E-state index in [1.165, 1.54) is 23.1 Å². The number of benzene rings is 1. The lowest BCUT2D eigenvalue weighted by Crippen LogP contribution is -2.62. The molecule has 2 heterocycles. The summed E-state index contributed by atoms with van der Waals surface area (Å²) in [5.74, 6) is -0.230. The van der Waals surface area contributed by atoms with Crippen molar-refractivity contribution < 1.29 is 23.1 Å². The van der Waals surface area contributed by atoms with Gasteiger partial charge in [0.2, 0.25) is 10.0 Å². The van der Waals surface area contributed by atoms with E-state index in [2.05, 4.69) is 0 Å². The van der Waals surface area contributed by atoms with Gasteiger partial charge >= 0.3 is 6.09 Å². The van der Waals surface area contributed by atoms with Crippen LogP contribution in [-0.4, -0.2) is 61.5 Å². The molecule has 0 radical (unpaired) electrons. The Bertz CT molecular complexity index is 776. The first-order valence-corrected chi connectivity index (χ1v) is 9.15.